The van der Waals surface area contributed by atoms with Gasteiger partial charge in [-0.15, -0.1) is 0 Å². The van der Waals surface area contributed by atoms with Gasteiger partial charge in [0.25, 0.3) is 5.91 Å². The van der Waals surface area contributed by atoms with Gasteiger partial charge in [-0.05, 0) is 86.8 Å². The number of carbonyl (C=O) groups is 3. The number of nitrogens with one attached hydrogen (secondary N) is 1. The number of para-hydroxylation sites is 1. The summed E-state index contributed by atoms with van der Waals surface area (Å²) >= 11 is 0. The van der Waals surface area contributed by atoms with Crippen LogP contribution < -0.4 is 5.32 Å². The van der Waals surface area contributed by atoms with Crippen LogP contribution in [0.3, 0.4) is 0 Å². The zero-order valence-electron chi connectivity index (χ0n) is 39.2. The molecule has 68 heavy (non-hydrogen) atoms. The van der Waals surface area contributed by atoms with E-state index in [0.29, 0.717) is 40.3 Å². The normalized spacial score (nSPS) is 19.1. The third-order valence-electron chi connectivity index (χ3n) is 13.0. The van der Waals surface area contributed by atoms with E-state index in [9.17, 15) is 42.9 Å². The molecule has 3 amide bonds. The largest absolute Gasteiger partial charge is 0.465 e. The highest BCUT2D eigenvalue weighted by Gasteiger charge is 2.53. The van der Waals surface area contributed by atoms with Crippen molar-refractivity contribution in [1.29, 1.82) is 0 Å². The second kappa shape index (κ2) is 20.0. The molecule has 2 aromatic heterocycles. The molecular formula is C50H61F3N6O9. The van der Waals surface area contributed by atoms with Crippen molar-refractivity contribution in [3.63, 3.8) is 0 Å². The van der Waals surface area contributed by atoms with Crippen molar-refractivity contribution in [3.05, 3.63) is 96.3 Å². The number of benzene rings is 4. The summed E-state index contributed by atoms with van der Waals surface area (Å²) in [4.78, 5) is 41.8. The van der Waals surface area contributed by atoms with Crippen molar-refractivity contribution >= 4 is 61.7 Å². The second-order valence-corrected chi connectivity index (χ2v) is 19.5. The minimum absolute atomic E-state index is 0.00974. The molecule has 4 aromatic carbocycles. The fraction of sp³-hybridized carbons (Fsp3) is 0.460. The average molecular weight is 947 g/mol. The average Bonchev–Trinajstić information content (AvgIpc) is 3.76. The smallest absolute Gasteiger partial charge is 0.410 e. The zero-order valence-corrected chi connectivity index (χ0v) is 39.2. The molecule has 0 spiro atoms. The Morgan fingerprint density at radius 3 is 1.79 bits per heavy atom. The highest BCUT2D eigenvalue weighted by Crippen LogP contribution is 2.39. The summed E-state index contributed by atoms with van der Waals surface area (Å²) in [5.74, 6) is -2.02. The van der Waals surface area contributed by atoms with Crippen molar-refractivity contribution in [1.82, 2.24) is 29.2 Å². The summed E-state index contributed by atoms with van der Waals surface area (Å²) in [6.45, 7) is 12.0. The van der Waals surface area contributed by atoms with Gasteiger partial charge < -0.3 is 54.2 Å². The first-order valence-electron chi connectivity index (χ1n) is 22.7. The highest BCUT2D eigenvalue weighted by molar-refractivity contribution is 6.09. The van der Waals surface area contributed by atoms with Crippen LogP contribution in [0.15, 0.2) is 78.9 Å². The lowest BCUT2D eigenvalue weighted by molar-refractivity contribution is -0.155. The Labute approximate surface area is 392 Å². The van der Waals surface area contributed by atoms with Crippen LogP contribution >= 0.6 is 0 Å². The number of piperazine rings is 2. The summed E-state index contributed by atoms with van der Waals surface area (Å²) in [6, 6.07) is 20.5. The third-order valence-corrected chi connectivity index (χ3v) is 13.0. The number of ether oxygens (including phenoxy) is 2. The van der Waals surface area contributed by atoms with E-state index in [1.807, 2.05) is 54.2 Å². The molecule has 0 bridgehead atoms. The van der Waals surface area contributed by atoms with Crippen LogP contribution in [0.4, 0.5) is 22.8 Å². The number of nitrogens with zero attached hydrogens (tertiary/aromatic N) is 5. The Morgan fingerprint density at radius 2 is 1.29 bits per heavy atom. The first kappa shape index (κ1) is 50.0. The van der Waals surface area contributed by atoms with E-state index in [4.69, 9.17) is 14.6 Å². The van der Waals surface area contributed by atoms with Crippen LogP contribution in [-0.2, 0) is 27.4 Å². The molecule has 2 aliphatic heterocycles. The van der Waals surface area contributed by atoms with Crippen molar-refractivity contribution in [2.24, 2.45) is 5.41 Å². The predicted molar refractivity (Wildman–Crippen MR) is 252 cm³/mol. The van der Waals surface area contributed by atoms with Crippen molar-refractivity contribution < 1.29 is 57.5 Å². The molecule has 2 aliphatic rings. The van der Waals surface area contributed by atoms with Crippen LogP contribution in [0.5, 0.6) is 0 Å². The number of hydrogen-bond donors (Lipinski definition) is 5. The number of carbonyl (C=O) groups excluding carboxylic acids is 2. The van der Waals surface area contributed by atoms with Gasteiger partial charge in [-0.1, -0.05) is 39.0 Å². The van der Waals surface area contributed by atoms with Gasteiger partial charge in [0.2, 0.25) is 0 Å². The van der Waals surface area contributed by atoms with Gasteiger partial charge in [0.15, 0.2) is 6.10 Å². The van der Waals surface area contributed by atoms with Crippen LogP contribution in [0.1, 0.15) is 41.5 Å². The molecule has 0 radical (unpaired) electrons. The van der Waals surface area contributed by atoms with Gasteiger partial charge in [0.05, 0.1) is 50.6 Å². The van der Waals surface area contributed by atoms with E-state index < -0.39 is 65.6 Å². The van der Waals surface area contributed by atoms with Gasteiger partial charge in [-0.25, -0.2) is 22.8 Å². The van der Waals surface area contributed by atoms with Gasteiger partial charge in [-0.2, -0.15) is 0 Å². The van der Waals surface area contributed by atoms with Gasteiger partial charge in [0.1, 0.15) is 23.1 Å². The Balaban J connectivity index is 0.000000390. The Bertz CT molecular complexity index is 2740. The van der Waals surface area contributed by atoms with Gasteiger partial charge in [0, 0.05) is 82.9 Å². The number of aliphatic hydroxyl groups is 3. The van der Waals surface area contributed by atoms with Crippen LogP contribution in [-0.4, -0.2) is 151 Å². The van der Waals surface area contributed by atoms with E-state index >= 15 is 0 Å². The van der Waals surface area contributed by atoms with Crippen LogP contribution in [0.25, 0.3) is 43.6 Å². The van der Waals surface area contributed by atoms with Crippen molar-refractivity contribution in [3.8, 4) is 0 Å². The van der Waals surface area contributed by atoms with E-state index in [1.165, 1.54) is 41.3 Å². The Kier molecular flexibility index (Phi) is 14.7. The summed E-state index contributed by atoms with van der Waals surface area (Å²) in [5.41, 5.74) is 0.237. The molecule has 5 N–H and O–H groups in total. The lowest BCUT2D eigenvalue weighted by Crippen LogP contribution is -2.72. The van der Waals surface area contributed by atoms with E-state index in [1.54, 1.807) is 43.9 Å². The number of carboxylic acid groups (broad SMARTS) is 1. The highest BCUT2D eigenvalue weighted by atomic mass is 19.1. The molecular weight excluding hydrogens is 886 g/mol. The number of amides is 3. The number of hydrogen-bond acceptors (Lipinski definition) is 9. The second-order valence-electron chi connectivity index (χ2n) is 19.5. The summed E-state index contributed by atoms with van der Waals surface area (Å²) < 4.78 is 59.0. The third kappa shape index (κ3) is 10.2. The predicted octanol–water partition coefficient (Wildman–Crippen LogP) is 6.55. The Morgan fingerprint density at radius 1 is 0.765 bits per heavy atom. The Hall–Kier alpha value is -5.92. The zero-order chi connectivity index (χ0) is 49.3. The first-order valence-corrected chi connectivity index (χ1v) is 22.7. The molecule has 366 valence electrons. The van der Waals surface area contributed by atoms with Crippen LogP contribution in [0.2, 0.25) is 0 Å². The molecule has 3 unspecified atom stereocenters. The number of rotatable bonds is 10. The quantitative estimate of drug-likeness (QED) is 0.101. The molecule has 6 aromatic rings. The number of fused-ring (bicyclic) bond motifs is 6. The lowest BCUT2D eigenvalue weighted by Gasteiger charge is -2.55. The molecule has 18 heteroatoms. The molecule has 4 atom stereocenters. The molecule has 2 saturated heterocycles. The standard InChI is InChI=1S/C40H41F3N4O6.C10H20N2O3/c1-39(2,3)40(23-48)22-44(14-15-47(40)38(51)52)37(50)36(49)21-53-27(19-45-32-7-5-4-6-28(32)29-16-24(41)8-11-33(29)45)20-46-34-12-9-25(42)17-30(34)31-18-26(43)10-13-35(31)46;1-10(2,3)15-9(14)12-5-4-11-6-8(12)7-13/h4-13,16-18,27,36,48-49H,14-15,19-23H2,1-3H3,(H,51,52);8,11,13H,4-7H2,1-3H3/t27?,36?,40-;/m1./s1. The molecule has 0 saturated carbocycles. The fourth-order valence-electron chi connectivity index (χ4n) is 9.43. The van der Waals surface area contributed by atoms with Crippen molar-refractivity contribution in [2.45, 2.75) is 84.0 Å². The van der Waals surface area contributed by atoms with Crippen LogP contribution in [0, 0.1) is 22.9 Å². The van der Waals surface area contributed by atoms with Gasteiger partial charge >= 0.3 is 12.2 Å². The number of aromatic nitrogens is 2. The molecule has 0 aliphatic carbocycles. The number of aliphatic hydroxyl groups excluding tert-OH is 3. The van der Waals surface area contributed by atoms with Gasteiger partial charge in [-0.3, -0.25) is 9.69 Å². The topological polar surface area (TPSA) is 182 Å². The van der Waals surface area contributed by atoms with E-state index in [2.05, 4.69) is 5.32 Å². The van der Waals surface area contributed by atoms with Crippen molar-refractivity contribution in [2.75, 3.05) is 59.1 Å². The SMILES string of the molecule is CC(C)(C)OC(=O)N1CCNCC1CO.CC(C)(C)[C@]1(CO)CN(C(=O)C(O)COC(Cn2c3ccccc3c3cc(F)ccc32)Cn2c3ccc(F)cc3c3cc(F)ccc32)CCN1C(=O)O. The van der Waals surface area contributed by atoms with E-state index in [0.717, 1.165) is 27.9 Å². The summed E-state index contributed by atoms with van der Waals surface area (Å²) in [5, 5.41) is 46.6. The summed E-state index contributed by atoms with van der Waals surface area (Å²) in [7, 11) is 0. The first-order chi connectivity index (χ1) is 32.2. The maximum atomic E-state index is 14.5. The lowest BCUT2D eigenvalue weighted by atomic mass is 9.71. The number of halogens is 3. The summed E-state index contributed by atoms with van der Waals surface area (Å²) in [6.07, 6.45) is -3.94. The monoisotopic (exact) mass is 946 g/mol. The maximum absolute atomic E-state index is 14.5. The maximum Gasteiger partial charge on any atom is 0.410 e. The molecule has 2 fully saturated rings. The molecule has 15 nitrogen and oxygen atoms in total. The minimum Gasteiger partial charge on any atom is -0.465 e. The van der Waals surface area contributed by atoms with E-state index in [-0.39, 0.29) is 57.3 Å². The molecule has 4 heterocycles. The molecule has 8 rings (SSSR count). The fourth-order valence-corrected chi connectivity index (χ4v) is 9.43. The minimum atomic E-state index is -1.64.